The second-order valence-corrected chi connectivity index (χ2v) is 4.72. The molecule has 0 saturated heterocycles. The Hall–Kier alpha value is -2.88. The van der Waals surface area contributed by atoms with Crippen LogP contribution in [0, 0.1) is 4.91 Å². The van der Waals surface area contributed by atoms with Crippen LogP contribution in [-0.2, 0) is 0 Å². The van der Waals surface area contributed by atoms with E-state index in [0.29, 0.717) is 5.56 Å². The van der Waals surface area contributed by atoms with Crippen molar-refractivity contribution in [1.29, 1.82) is 0 Å². The zero-order valence-electron chi connectivity index (χ0n) is 11.5. The maximum Gasteiger partial charge on any atom is 0.324 e. The minimum absolute atomic E-state index is 0.104. The van der Waals surface area contributed by atoms with Crippen molar-refractivity contribution in [3.63, 3.8) is 0 Å². The number of methoxy groups -OCH3 is 1. The highest BCUT2D eigenvalue weighted by Gasteiger charge is 2.18. The van der Waals surface area contributed by atoms with Crippen LogP contribution in [0.4, 0.5) is 5.69 Å². The quantitative estimate of drug-likeness (QED) is 0.727. The highest BCUT2D eigenvalue weighted by Crippen LogP contribution is 2.32. The highest BCUT2D eigenvalue weighted by atomic mass is 16.6. The van der Waals surface area contributed by atoms with Crippen LogP contribution in [-0.4, -0.2) is 17.2 Å². The molecule has 0 aliphatic rings. The van der Waals surface area contributed by atoms with Crippen LogP contribution in [0.5, 0.6) is 5.75 Å². The molecule has 3 rings (SSSR count). The van der Waals surface area contributed by atoms with Gasteiger partial charge in [0, 0.05) is 6.07 Å². The maximum atomic E-state index is 11.2. The monoisotopic (exact) mass is 280 g/mol. The number of ether oxygens (including phenoxy) is 1. The summed E-state index contributed by atoms with van der Waals surface area (Å²) in [5, 5.41) is 11.3. The van der Waals surface area contributed by atoms with Gasteiger partial charge < -0.3 is 4.74 Å². The molecule has 0 amide bonds. The lowest BCUT2D eigenvalue weighted by Gasteiger charge is -2.05. The van der Waals surface area contributed by atoms with E-state index < -0.39 is 0 Å². The van der Waals surface area contributed by atoms with E-state index in [0.717, 1.165) is 22.1 Å². The third kappa shape index (κ3) is 2.43. The van der Waals surface area contributed by atoms with Crippen molar-refractivity contribution in [2.75, 3.05) is 7.11 Å². The molecule has 0 radical (unpaired) electrons. The Labute approximate surface area is 121 Å². The second kappa shape index (κ2) is 5.25. The van der Waals surface area contributed by atoms with Crippen LogP contribution in [0.2, 0.25) is 0 Å². The molecule has 3 aromatic rings. The Morgan fingerprint density at radius 2 is 1.67 bits per heavy atom. The van der Waals surface area contributed by atoms with Gasteiger partial charge in [0.1, 0.15) is 5.75 Å². The first-order chi connectivity index (χ1) is 10.2. The zero-order chi connectivity index (χ0) is 14.8. The van der Waals surface area contributed by atoms with Crippen molar-refractivity contribution in [2.24, 2.45) is 0 Å². The molecule has 0 spiro atoms. The van der Waals surface area contributed by atoms with E-state index >= 15 is 0 Å². The first-order valence-corrected chi connectivity index (χ1v) is 6.52. The largest absolute Gasteiger partial charge is 0.497 e. The van der Waals surface area contributed by atoms with Crippen molar-refractivity contribution >= 4 is 16.5 Å². The SMILES string of the molecule is COc1ccc2cc(-c3ccccc3[N+](=O)O)ccc2c1. The predicted octanol–water partition coefficient (Wildman–Crippen LogP) is 4.32. The fraction of sp³-hybridized carbons (Fsp3) is 0.0588. The van der Waals surface area contributed by atoms with Gasteiger partial charge in [0.25, 0.3) is 4.92 Å². The molecule has 0 atom stereocenters. The number of hydrogen-bond acceptors (Lipinski definition) is 2. The fourth-order valence-corrected chi connectivity index (χ4v) is 2.40. The molecule has 0 unspecified atom stereocenters. The van der Waals surface area contributed by atoms with Crippen molar-refractivity contribution in [3.05, 3.63) is 65.6 Å². The van der Waals surface area contributed by atoms with Crippen LogP contribution in [0.3, 0.4) is 0 Å². The average molecular weight is 280 g/mol. The summed E-state index contributed by atoms with van der Waals surface area (Å²) in [5.41, 5.74) is 1.79. The average Bonchev–Trinajstić information content (AvgIpc) is 2.53. The molecule has 0 aliphatic carbocycles. The topological polar surface area (TPSA) is 49.5 Å². The number of hydrogen-bond donors (Lipinski definition) is 1. The Bertz CT molecular complexity index is 827. The lowest BCUT2D eigenvalue weighted by atomic mass is 10.00. The molecular formula is C17H14NO3+. The molecule has 0 bridgehead atoms. The molecule has 0 aromatic heterocycles. The molecule has 0 aliphatic heterocycles. The summed E-state index contributed by atoms with van der Waals surface area (Å²) < 4.78 is 5.21. The predicted molar refractivity (Wildman–Crippen MR) is 81.0 cm³/mol. The van der Waals surface area contributed by atoms with E-state index in [1.54, 1.807) is 25.3 Å². The highest BCUT2D eigenvalue weighted by molar-refractivity contribution is 5.89. The van der Waals surface area contributed by atoms with Crippen LogP contribution in [0.1, 0.15) is 0 Å². The molecule has 3 aromatic carbocycles. The van der Waals surface area contributed by atoms with E-state index in [4.69, 9.17) is 4.74 Å². The number of para-hydroxylation sites is 1. The van der Waals surface area contributed by atoms with Crippen LogP contribution >= 0.6 is 0 Å². The Morgan fingerprint density at radius 1 is 0.952 bits per heavy atom. The van der Waals surface area contributed by atoms with Gasteiger partial charge in [-0.05, 0) is 40.6 Å². The van der Waals surface area contributed by atoms with Crippen molar-refractivity contribution in [1.82, 2.24) is 0 Å². The van der Waals surface area contributed by atoms with Crippen LogP contribution in [0.25, 0.3) is 21.9 Å². The summed E-state index contributed by atoms with van der Waals surface area (Å²) in [6.45, 7) is 0. The lowest BCUT2D eigenvalue weighted by molar-refractivity contribution is -0.729. The molecular weight excluding hydrogens is 266 g/mol. The summed E-state index contributed by atoms with van der Waals surface area (Å²) >= 11 is 0. The summed E-state index contributed by atoms with van der Waals surface area (Å²) in [5.74, 6) is 0.803. The van der Waals surface area contributed by atoms with E-state index in [1.165, 1.54) is 0 Å². The van der Waals surface area contributed by atoms with Gasteiger partial charge in [0.05, 0.1) is 17.6 Å². The fourth-order valence-electron chi connectivity index (χ4n) is 2.40. The normalized spacial score (nSPS) is 10.5. The minimum Gasteiger partial charge on any atom is -0.497 e. The first-order valence-electron chi connectivity index (χ1n) is 6.52. The molecule has 0 heterocycles. The molecule has 0 fully saturated rings. The van der Waals surface area contributed by atoms with Gasteiger partial charge in [-0.15, -0.1) is 0 Å². The van der Waals surface area contributed by atoms with E-state index in [1.807, 2.05) is 42.5 Å². The van der Waals surface area contributed by atoms with Gasteiger partial charge in [-0.3, -0.25) is 0 Å². The van der Waals surface area contributed by atoms with Crippen molar-refractivity contribution in [2.45, 2.75) is 0 Å². The first kappa shape index (κ1) is 13.1. The van der Waals surface area contributed by atoms with Crippen molar-refractivity contribution < 1.29 is 14.9 Å². The van der Waals surface area contributed by atoms with E-state index in [-0.39, 0.29) is 10.6 Å². The minimum atomic E-state index is -0.104. The van der Waals surface area contributed by atoms with Gasteiger partial charge in [-0.1, -0.05) is 30.3 Å². The summed E-state index contributed by atoms with van der Waals surface area (Å²) in [6.07, 6.45) is 0. The van der Waals surface area contributed by atoms with Crippen LogP contribution in [0.15, 0.2) is 60.7 Å². The Balaban J connectivity index is 2.16. The summed E-state index contributed by atoms with van der Waals surface area (Å²) in [7, 11) is 1.63. The third-order valence-corrected chi connectivity index (χ3v) is 3.47. The molecule has 0 saturated carbocycles. The maximum absolute atomic E-state index is 11.2. The summed E-state index contributed by atoms with van der Waals surface area (Å²) in [6, 6.07) is 18.6. The number of nitrogens with zero attached hydrogens (tertiary/aromatic N) is 1. The molecule has 104 valence electrons. The third-order valence-electron chi connectivity index (χ3n) is 3.47. The zero-order valence-corrected chi connectivity index (χ0v) is 11.5. The molecule has 21 heavy (non-hydrogen) atoms. The van der Waals surface area contributed by atoms with Gasteiger partial charge >= 0.3 is 5.69 Å². The standard InChI is InChI=1S/C17H14NO3/c1-21-15-9-8-12-10-14(7-6-13(12)11-15)16-4-2-3-5-17(16)18(19)20/h2-11H,1H3,(H,19,20)/q+1. The van der Waals surface area contributed by atoms with Gasteiger partial charge in [-0.25, -0.2) is 5.21 Å². The van der Waals surface area contributed by atoms with Gasteiger partial charge in [0.15, 0.2) is 0 Å². The molecule has 4 nitrogen and oxygen atoms in total. The molecule has 1 N–H and O–H groups in total. The van der Waals surface area contributed by atoms with E-state index in [9.17, 15) is 10.1 Å². The lowest BCUT2D eigenvalue weighted by Crippen LogP contribution is -1.94. The van der Waals surface area contributed by atoms with E-state index in [2.05, 4.69) is 0 Å². The second-order valence-electron chi connectivity index (χ2n) is 4.72. The van der Waals surface area contributed by atoms with Crippen LogP contribution < -0.4 is 4.74 Å². The number of fused-ring (bicyclic) bond motifs is 1. The Morgan fingerprint density at radius 3 is 2.43 bits per heavy atom. The van der Waals surface area contributed by atoms with Crippen molar-refractivity contribution in [3.8, 4) is 16.9 Å². The number of benzene rings is 3. The summed E-state index contributed by atoms with van der Waals surface area (Å²) in [4.78, 5) is 11.1. The smallest absolute Gasteiger partial charge is 0.324 e. The molecule has 4 heteroatoms. The Kier molecular flexibility index (Phi) is 3.28. The van der Waals surface area contributed by atoms with Gasteiger partial charge in [0.2, 0.25) is 0 Å². The van der Waals surface area contributed by atoms with Gasteiger partial charge in [-0.2, -0.15) is 0 Å². The number of rotatable bonds is 3.